The molecule has 0 aliphatic carbocycles. The van der Waals surface area contributed by atoms with Crippen molar-refractivity contribution in [3.05, 3.63) is 41.0 Å². The second-order valence-corrected chi connectivity index (χ2v) is 6.21. The third-order valence-corrected chi connectivity index (χ3v) is 4.77. The number of halogens is 1. The minimum Gasteiger partial charge on any atom is -0.395 e. The van der Waals surface area contributed by atoms with Crippen molar-refractivity contribution < 1.29 is 9.90 Å². The van der Waals surface area contributed by atoms with Gasteiger partial charge in [0.1, 0.15) is 5.69 Å². The van der Waals surface area contributed by atoms with Crippen molar-refractivity contribution in [3.8, 4) is 0 Å². The van der Waals surface area contributed by atoms with Crippen LogP contribution in [0.5, 0.6) is 0 Å². The van der Waals surface area contributed by atoms with Gasteiger partial charge in [0.25, 0.3) is 5.91 Å². The molecule has 4 nitrogen and oxygen atoms in total. The maximum atomic E-state index is 12.3. The van der Waals surface area contributed by atoms with E-state index in [9.17, 15) is 9.90 Å². The number of carbonyl (C=O) groups excluding carboxylic acids is 1. The summed E-state index contributed by atoms with van der Waals surface area (Å²) >= 11 is 7.71. The molecule has 0 fully saturated rings. The van der Waals surface area contributed by atoms with E-state index in [1.54, 1.807) is 6.07 Å². The number of fused-ring (bicyclic) bond motifs is 1. The molecule has 0 spiro atoms. The van der Waals surface area contributed by atoms with Gasteiger partial charge in [-0.15, -0.1) is 0 Å². The number of pyridine rings is 1. The fourth-order valence-corrected chi connectivity index (χ4v) is 2.95. The average Bonchev–Trinajstić information content (AvgIpc) is 2.48. The largest absolute Gasteiger partial charge is 0.395 e. The molecule has 0 radical (unpaired) electrons. The highest BCUT2D eigenvalue weighted by Gasteiger charge is 2.19. The molecule has 2 aromatic rings. The Kier molecular flexibility index (Phi) is 5.45. The summed E-state index contributed by atoms with van der Waals surface area (Å²) in [6, 6.07) is 8.82. The van der Waals surface area contributed by atoms with Gasteiger partial charge in [0.15, 0.2) is 0 Å². The monoisotopic (exact) mass is 324 g/mol. The van der Waals surface area contributed by atoms with Crippen LogP contribution in [0.1, 0.15) is 17.4 Å². The lowest BCUT2D eigenvalue weighted by Crippen LogP contribution is -2.41. The molecule has 21 heavy (non-hydrogen) atoms. The molecule has 1 aromatic heterocycles. The summed E-state index contributed by atoms with van der Waals surface area (Å²) in [5, 5.41) is 13.4. The van der Waals surface area contributed by atoms with Crippen molar-refractivity contribution in [2.75, 3.05) is 12.9 Å². The van der Waals surface area contributed by atoms with Gasteiger partial charge in [0.2, 0.25) is 0 Å². The lowest BCUT2D eigenvalue weighted by Gasteiger charge is -2.21. The Balaban J connectivity index is 2.23. The van der Waals surface area contributed by atoms with Crippen LogP contribution < -0.4 is 5.32 Å². The number of thioether (sulfide) groups is 1. The van der Waals surface area contributed by atoms with Gasteiger partial charge >= 0.3 is 0 Å². The number of aliphatic hydroxyl groups is 1. The van der Waals surface area contributed by atoms with Crippen LogP contribution >= 0.6 is 23.4 Å². The molecule has 0 saturated carbocycles. The lowest BCUT2D eigenvalue weighted by molar-refractivity contribution is 0.0931. The van der Waals surface area contributed by atoms with E-state index < -0.39 is 0 Å². The van der Waals surface area contributed by atoms with E-state index in [2.05, 4.69) is 10.3 Å². The smallest absolute Gasteiger partial charge is 0.270 e. The summed E-state index contributed by atoms with van der Waals surface area (Å²) in [6.45, 7) is 1.87. The minimum absolute atomic E-state index is 0.00845. The molecule has 2 N–H and O–H groups in total. The molecule has 2 atom stereocenters. The average molecular weight is 325 g/mol. The van der Waals surface area contributed by atoms with Gasteiger partial charge in [0.05, 0.1) is 17.1 Å². The fraction of sp³-hybridized carbons (Fsp3) is 0.333. The van der Waals surface area contributed by atoms with Gasteiger partial charge in [-0.25, -0.2) is 4.98 Å². The second-order valence-electron chi connectivity index (χ2n) is 4.73. The van der Waals surface area contributed by atoms with Crippen molar-refractivity contribution in [1.82, 2.24) is 10.3 Å². The zero-order valence-electron chi connectivity index (χ0n) is 11.8. The van der Waals surface area contributed by atoms with E-state index in [1.165, 1.54) is 11.8 Å². The lowest BCUT2D eigenvalue weighted by atomic mass is 10.2. The zero-order chi connectivity index (χ0) is 15.4. The zero-order valence-corrected chi connectivity index (χ0v) is 13.4. The van der Waals surface area contributed by atoms with Crippen LogP contribution in [0, 0.1) is 0 Å². The van der Waals surface area contributed by atoms with Crippen LogP contribution in [0.3, 0.4) is 0 Å². The summed E-state index contributed by atoms with van der Waals surface area (Å²) in [7, 11) is 0. The van der Waals surface area contributed by atoms with E-state index in [0.29, 0.717) is 10.5 Å². The molecule has 2 unspecified atom stereocenters. The third-order valence-electron chi connectivity index (χ3n) is 3.30. The van der Waals surface area contributed by atoms with E-state index in [0.717, 1.165) is 5.39 Å². The Morgan fingerprint density at radius 2 is 2.19 bits per heavy atom. The van der Waals surface area contributed by atoms with Gasteiger partial charge in [-0.05, 0) is 25.3 Å². The van der Waals surface area contributed by atoms with Crippen molar-refractivity contribution in [2.24, 2.45) is 0 Å². The Hall–Kier alpha value is -1.30. The number of carbonyl (C=O) groups is 1. The van der Waals surface area contributed by atoms with Gasteiger partial charge < -0.3 is 10.4 Å². The molecule has 0 aliphatic heterocycles. The SMILES string of the molecule is CSC(CO)C(C)NC(=O)c1cc(Cl)c2ccccc2n1. The molecule has 112 valence electrons. The molecule has 1 amide bonds. The van der Waals surface area contributed by atoms with E-state index in [-0.39, 0.29) is 29.5 Å². The molecule has 0 aliphatic rings. The molecule has 2 rings (SSSR count). The van der Waals surface area contributed by atoms with Crippen LogP contribution in [0.2, 0.25) is 5.02 Å². The number of para-hydroxylation sites is 1. The van der Waals surface area contributed by atoms with Gasteiger partial charge in [-0.1, -0.05) is 29.8 Å². The second kappa shape index (κ2) is 7.11. The number of hydrogen-bond acceptors (Lipinski definition) is 4. The van der Waals surface area contributed by atoms with Crippen LogP contribution in [0.15, 0.2) is 30.3 Å². The number of rotatable bonds is 5. The summed E-state index contributed by atoms with van der Waals surface area (Å²) in [6.07, 6.45) is 1.90. The number of nitrogens with zero attached hydrogens (tertiary/aromatic N) is 1. The first-order chi connectivity index (χ1) is 10.1. The minimum atomic E-state index is -0.289. The Bertz CT molecular complexity index is 647. The first-order valence-corrected chi connectivity index (χ1v) is 8.23. The maximum absolute atomic E-state index is 12.3. The number of amides is 1. The molecule has 6 heteroatoms. The Morgan fingerprint density at radius 3 is 2.86 bits per heavy atom. The van der Waals surface area contributed by atoms with Crippen LogP contribution in [-0.4, -0.2) is 40.2 Å². The fourth-order valence-electron chi connectivity index (χ4n) is 2.06. The highest BCUT2D eigenvalue weighted by atomic mass is 35.5. The topological polar surface area (TPSA) is 62.2 Å². The number of aliphatic hydroxyl groups excluding tert-OH is 1. The van der Waals surface area contributed by atoms with Crippen molar-refractivity contribution >= 4 is 40.2 Å². The highest BCUT2D eigenvalue weighted by molar-refractivity contribution is 7.99. The Morgan fingerprint density at radius 1 is 1.48 bits per heavy atom. The predicted octanol–water partition coefficient (Wildman–Crippen LogP) is 2.73. The molecule has 1 heterocycles. The third kappa shape index (κ3) is 3.67. The summed E-state index contributed by atoms with van der Waals surface area (Å²) in [4.78, 5) is 16.6. The van der Waals surface area contributed by atoms with E-state index >= 15 is 0 Å². The van der Waals surface area contributed by atoms with Gasteiger partial charge in [0, 0.05) is 16.7 Å². The van der Waals surface area contributed by atoms with Crippen molar-refractivity contribution in [1.29, 1.82) is 0 Å². The molecule has 0 bridgehead atoms. The molecule has 0 saturated heterocycles. The number of nitrogens with one attached hydrogen (secondary N) is 1. The normalized spacial score (nSPS) is 13.9. The summed E-state index contributed by atoms with van der Waals surface area (Å²) in [5.41, 5.74) is 0.967. The molecule has 1 aromatic carbocycles. The summed E-state index contributed by atoms with van der Waals surface area (Å²) < 4.78 is 0. The first-order valence-electron chi connectivity index (χ1n) is 6.56. The maximum Gasteiger partial charge on any atom is 0.270 e. The first kappa shape index (κ1) is 16.1. The number of hydrogen-bond donors (Lipinski definition) is 2. The van der Waals surface area contributed by atoms with Crippen molar-refractivity contribution in [3.63, 3.8) is 0 Å². The van der Waals surface area contributed by atoms with E-state index in [4.69, 9.17) is 11.6 Å². The van der Waals surface area contributed by atoms with Gasteiger partial charge in [-0.3, -0.25) is 4.79 Å². The highest BCUT2D eigenvalue weighted by Crippen LogP contribution is 2.23. The van der Waals surface area contributed by atoms with Crippen molar-refractivity contribution in [2.45, 2.75) is 18.2 Å². The predicted molar refractivity (Wildman–Crippen MR) is 88.1 cm³/mol. The van der Waals surface area contributed by atoms with Crippen LogP contribution in [0.25, 0.3) is 10.9 Å². The number of aromatic nitrogens is 1. The number of benzene rings is 1. The van der Waals surface area contributed by atoms with Crippen LogP contribution in [0.4, 0.5) is 0 Å². The van der Waals surface area contributed by atoms with Gasteiger partial charge in [-0.2, -0.15) is 11.8 Å². The Labute approximate surface area is 132 Å². The summed E-state index contributed by atoms with van der Waals surface area (Å²) in [5.74, 6) is -0.289. The molecular formula is C15H17ClN2O2S. The quantitative estimate of drug-likeness (QED) is 0.887. The van der Waals surface area contributed by atoms with Crippen LogP contribution in [-0.2, 0) is 0 Å². The standard InChI is InChI=1S/C15H17ClN2O2S/c1-9(14(8-19)21-2)17-15(20)13-7-11(16)10-5-3-4-6-12(10)18-13/h3-7,9,14,19H,8H2,1-2H3,(H,17,20). The molecular weight excluding hydrogens is 308 g/mol. The van der Waals surface area contributed by atoms with E-state index in [1.807, 2.05) is 37.4 Å².